The summed E-state index contributed by atoms with van der Waals surface area (Å²) in [6.45, 7) is 0. The van der Waals surface area contributed by atoms with Crippen molar-refractivity contribution in [3.63, 3.8) is 0 Å². The Morgan fingerprint density at radius 1 is 1.04 bits per heavy atom. The summed E-state index contributed by atoms with van der Waals surface area (Å²) in [5.41, 5.74) is 0.767. The van der Waals surface area contributed by atoms with Gasteiger partial charge in [0, 0.05) is 17.1 Å². The molecular weight excluding hydrogens is 358 g/mol. The fraction of sp³-hybridized carbons (Fsp3) is 0. The van der Waals surface area contributed by atoms with Crippen LogP contribution in [-0.2, 0) is 10.0 Å². The van der Waals surface area contributed by atoms with Crippen LogP contribution in [0, 0.1) is 0 Å². The molecule has 130 valence electrons. The minimum Gasteiger partial charge on any atom is -0.423 e. The fourth-order valence-electron chi connectivity index (χ4n) is 2.42. The second-order valence-electron chi connectivity index (χ2n) is 5.36. The molecule has 0 saturated heterocycles. The topological polar surface area (TPSA) is 120 Å². The number of sulfonamides is 1. The van der Waals surface area contributed by atoms with Gasteiger partial charge in [-0.2, -0.15) is 0 Å². The van der Waals surface area contributed by atoms with E-state index < -0.39 is 15.6 Å². The van der Waals surface area contributed by atoms with Crippen LogP contribution >= 0.6 is 0 Å². The molecule has 0 bridgehead atoms. The van der Waals surface area contributed by atoms with Crippen molar-refractivity contribution in [1.29, 1.82) is 0 Å². The summed E-state index contributed by atoms with van der Waals surface area (Å²) in [6, 6.07) is 13.7. The Kier molecular flexibility index (Phi) is 3.73. The molecule has 2 aromatic heterocycles. The zero-order chi connectivity index (χ0) is 18.1. The average Bonchev–Trinajstić information content (AvgIpc) is 3.16. The highest BCUT2D eigenvalue weighted by atomic mass is 32.2. The first kappa shape index (κ1) is 16.0. The molecule has 10 heteroatoms. The summed E-state index contributed by atoms with van der Waals surface area (Å²) in [6.07, 6.45) is 1.37. The minimum absolute atomic E-state index is 0.0604. The number of nitrogens with one attached hydrogen (secondary N) is 1. The van der Waals surface area contributed by atoms with Crippen molar-refractivity contribution in [3.05, 3.63) is 71.3 Å². The summed E-state index contributed by atoms with van der Waals surface area (Å²) in [4.78, 5) is 11.3. The molecule has 9 nitrogen and oxygen atoms in total. The van der Waals surface area contributed by atoms with Gasteiger partial charge in [0.25, 0.3) is 10.0 Å². The predicted octanol–water partition coefficient (Wildman–Crippen LogP) is 1.57. The van der Waals surface area contributed by atoms with Crippen molar-refractivity contribution in [2.24, 2.45) is 0 Å². The molecule has 2 heterocycles. The maximum atomic E-state index is 12.7. The molecule has 0 saturated carbocycles. The molecule has 0 atom stereocenters. The summed E-state index contributed by atoms with van der Waals surface area (Å²) >= 11 is 0. The lowest BCUT2D eigenvalue weighted by molar-refractivity contribution is 0.561. The molecule has 1 N–H and O–H groups in total. The van der Waals surface area contributed by atoms with Crippen molar-refractivity contribution in [3.8, 4) is 5.69 Å². The predicted molar refractivity (Wildman–Crippen MR) is 92.4 cm³/mol. The number of tetrazole rings is 1. The third-order valence-corrected chi connectivity index (χ3v) is 4.99. The van der Waals surface area contributed by atoms with Crippen LogP contribution in [0.15, 0.2) is 75.0 Å². The van der Waals surface area contributed by atoms with Crippen LogP contribution in [-0.4, -0.2) is 28.6 Å². The molecule has 0 amide bonds. The van der Waals surface area contributed by atoms with Gasteiger partial charge in [0.2, 0.25) is 0 Å². The van der Waals surface area contributed by atoms with E-state index in [1.165, 1.54) is 41.3 Å². The number of hydrogen-bond donors (Lipinski definition) is 1. The van der Waals surface area contributed by atoms with Gasteiger partial charge in [-0.1, -0.05) is 6.07 Å². The Morgan fingerprint density at radius 3 is 2.73 bits per heavy atom. The van der Waals surface area contributed by atoms with Gasteiger partial charge in [-0.15, -0.1) is 5.10 Å². The van der Waals surface area contributed by atoms with Crippen LogP contribution in [0.2, 0.25) is 0 Å². The van der Waals surface area contributed by atoms with E-state index in [2.05, 4.69) is 20.2 Å². The molecule has 4 rings (SSSR count). The lowest BCUT2D eigenvalue weighted by atomic mass is 10.2. The van der Waals surface area contributed by atoms with Gasteiger partial charge < -0.3 is 4.42 Å². The first-order valence-electron chi connectivity index (χ1n) is 7.41. The van der Waals surface area contributed by atoms with E-state index in [1.807, 2.05) is 0 Å². The van der Waals surface area contributed by atoms with Gasteiger partial charge in [-0.25, -0.2) is 17.9 Å². The van der Waals surface area contributed by atoms with Crippen molar-refractivity contribution in [2.75, 3.05) is 4.72 Å². The normalized spacial score (nSPS) is 11.5. The van der Waals surface area contributed by atoms with Crippen LogP contribution in [0.5, 0.6) is 0 Å². The number of fused-ring (bicyclic) bond motifs is 1. The zero-order valence-corrected chi connectivity index (χ0v) is 13.9. The molecule has 0 aliphatic heterocycles. The summed E-state index contributed by atoms with van der Waals surface area (Å²) in [5, 5.41) is 11.4. The van der Waals surface area contributed by atoms with E-state index in [-0.39, 0.29) is 4.90 Å². The molecule has 0 radical (unpaired) electrons. The molecule has 4 aromatic rings. The highest BCUT2D eigenvalue weighted by molar-refractivity contribution is 7.92. The molecule has 0 aliphatic rings. The maximum Gasteiger partial charge on any atom is 0.336 e. The van der Waals surface area contributed by atoms with Gasteiger partial charge in [0.15, 0.2) is 0 Å². The number of anilines is 1. The SMILES string of the molecule is O=c1ccc2cc(NS(=O)(=O)c3cccc(-n4cnnn4)c3)ccc2o1. The second kappa shape index (κ2) is 6.08. The van der Waals surface area contributed by atoms with Gasteiger partial charge >= 0.3 is 5.63 Å². The number of nitrogens with zero attached hydrogens (tertiary/aromatic N) is 4. The highest BCUT2D eigenvalue weighted by Gasteiger charge is 2.16. The maximum absolute atomic E-state index is 12.7. The lowest BCUT2D eigenvalue weighted by Gasteiger charge is -2.10. The fourth-order valence-corrected chi connectivity index (χ4v) is 3.51. The molecule has 0 fully saturated rings. The Hall–Kier alpha value is -3.53. The molecule has 0 aliphatic carbocycles. The number of aromatic nitrogens is 4. The molecular formula is C16H11N5O4S. The average molecular weight is 369 g/mol. The third-order valence-electron chi connectivity index (χ3n) is 3.61. The summed E-state index contributed by atoms with van der Waals surface area (Å²) in [7, 11) is -3.83. The zero-order valence-electron chi connectivity index (χ0n) is 13.1. The molecule has 0 spiro atoms. The standard InChI is InChI=1S/C16H11N5O4S/c22-16-7-4-11-8-12(5-6-15(11)25-16)18-26(23,24)14-3-1-2-13(9-14)21-10-17-19-20-21/h1-10,18H. The first-order valence-corrected chi connectivity index (χ1v) is 8.90. The Balaban J connectivity index is 1.68. The minimum atomic E-state index is -3.83. The molecule has 2 aromatic carbocycles. The van der Waals surface area contributed by atoms with Gasteiger partial charge in [-0.05, 0) is 52.9 Å². The summed E-state index contributed by atoms with van der Waals surface area (Å²) in [5.74, 6) is 0. The van der Waals surface area contributed by atoms with Crippen molar-refractivity contribution in [1.82, 2.24) is 20.2 Å². The Morgan fingerprint density at radius 2 is 1.92 bits per heavy atom. The van der Waals surface area contributed by atoms with Gasteiger partial charge in [0.1, 0.15) is 11.9 Å². The highest BCUT2D eigenvalue weighted by Crippen LogP contribution is 2.22. The van der Waals surface area contributed by atoms with E-state index >= 15 is 0 Å². The van der Waals surface area contributed by atoms with Crippen LogP contribution in [0.25, 0.3) is 16.7 Å². The van der Waals surface area contributed by atoms with Crippen molar-refractivity contribution >= 4 is 26.7 Å². The second-order valence-corrected chi connectivity index (χ2v) is 7.05. The van der Waals surface area contributed by atoms with Crippen molar-refractivity contribution < 1.29 is 12.8 Å². The van der Waals surface area contributed by atoms with E-state index in [9.17, 15) is 13.2 Å². The van der Waals surface area contributed by atoms with Crippen LogP contribution in [0.1, 0.15) is 0 Å². The molecule has 26 heavy (non-hydrogen) atoms. The van der Waals surface area contributed by atoms with E-state index in [0.717, 1.165) is 0 Å². The van der Waals surface area contributed by atoms with Crippen LogP contribution in [0.4, 0.5) is 5.69 Å². The van der Waals surface area contributed by atoms with E-state index in [4.69, 9.17) is 4.42 Å². The van der Waals surface area contributed by atoms with E-state index in [0.29, 0.717) is 22.3 Å². The lowest BCUT2D eigenvalue weighted by Crippen LogP contribution is -2.13. The first-order chi connectivity index (χ1) is 12.5. The number of hydrogen-bond acceptors (Lipinski definition) is 7. The Labute approximate surface area is 146 Å². The number of rotatable bonds is 4. The quantitative estimate of drug-likeness (QED) is 0.542. The van der Waals surface area contributed by atoms with Crippen molar-refractivity contribution in [2.45, 2.75) is 4.90 Å². The molecule has 0 unspecified atom stereocenters. The monoisotopic (exact) mass is 369 g/mol. The largest absolute Gasteiger partial charge is 0.423 e. The smallest absolute Gasteiger partial charge is 0.336 e. The Bertz CT molecular complexity index is 1250. The summed E-state index contributed by atoms with van der Waals surface area (Å²) < 4.78 is 34.2. The van der Waals surface area contributed by atoms with Gasteiger partial charge in [-0.3, -0.25) is 4.72 Å². The number of benzene rings is 2. The van der Waals surface area contributed by atoms with Gasteiger partial charge in [0.05, 0.1) is 10.6 Å². The van der Waals surface area contributed by atoms with Crippen LogP contribution < -0.4 is 10.3 Å². The van der Waals surface area contributed by atoms with E-state index in [1.54, 1.807) is 24.3 Å². The third kappa shape index (κ3) is 3.05. The van der Waals surface area contributed by atoms with Crippen LogP contribution in [0.3, 0.4) is 0 Å².